The molecule has 1 saturated carbocycles. The molecular weight excluding hydrogens is 238 g/mol. The van der Waals surface area contributed by atoms with Gasteiger partial charge in [-0.25, -0.2) is 0 Å². The molecule has 1 N–H and O–H groups in total. The summed E-state index contributed by atoms with van der Waals surface area (Å²) >= 11 is 0. The van der Waals surface area contributed by atoms with Crippen LogP contribution in [0.25, 0.3) is 0 Å². The average Bonchev–Trinajstić information content (AvgIpc) is 3.21. The van der Waals surface area contributed by atoms with Crippen molar-refractivity contribution in [1.82, 2.24) is 5.32 Å². The maximum atomic E-state index is 5.35. The largest absolute Gasteiger partial charge is 0.493 e. The first-order chi connectivity index (χ1) is 9.13. The summed E-state index contributed by atoms with van der Waals surface area (Å²) < 4.78 is 10.6. The maximum Gasteiger partial charge on any atom is 0.161 e. The zero-order valence-electron chi connectivity index (χ0n) is 12.4. The molecule has 2 unspecified atom stereocenters. The number of hydrogen-bond donors (Lipinski definition) is 1. The van der Waals surface area contributed by atoms with Crippen molar-refractivity contribution < 1.29 is 9.47 Å². The van der Waals surface area contributed by atoms with Gasteiger partial charge in [-0.1, -0.05) is 18.9 Å². The van der Waals surface area contributed by atoms with E-state index in [4.69, 9.17) is 9.47 Å². The zero-order chi connectivity index (χ0) is 13.8. The normalized spacial score (nSPS) is 17.9. The minimum atomic E-state index is 0.327. The Hall–Kier alpha value is -1.22. The quantitative estimate of drug-likeness (QED) is 0.816. The predicted octanol–water partition coefficient (Wildman–Crippen LogP) is 3.54. The molecule has 0 radical (unpaired) electrons. The van der Waals surface area contributed by atoms with Crippen molar-refractivity contribution in [2.45, 2.75) is 45.2 Å². The van der Waals surface area contributed by atoms with E-state index in [0.717, 1.165) is 17.4 Å². The molecule has 1 aromatic rings. The highest BCUT2D eigenvalue weighted by Crippen LogP contribution is 2.34. The average molecular weight is 263 g/mol. The van der Waals surface area contributed by atoms with Crippen molar-refractivity contribution in [3.63, 3.8) is 0 Å². The number of benzene rings is 1. The predicted molar refractivity (Wildman–Crippen MR) is 77.9 cm³/mol. The monoisotopic (exact) mass is 263 g/mol. The molecule has 3 nitrogen and oxygen atoms in total. The van der Waals surface area contributed by atoms with Gasteiger partial charge >= 0.3 is 0 Å². The summed E-state index contributed by atoms with van der Waals surface area (Å²) in [6, 6.07) is 7.02. The Kier molecular flexibility index (Phi) is 4.70. The van der Waals surface area contributed by atoms with E-state index in [-0.39, 0.29) is 0 Å². The van der Waals surface area contributed by atoms with Crippen LogP contribution in [0.4, 0.5) is 0 Å². The van der Waals surface area contributed by atoms with E-state index < -0.39 is 0 Å². The summed E-state index contributed by atoms with van der Waals surface area (Å²) in [5.41, 5.74) is 1.24. The maximum absolute atomic E-state index is 5.35. The van der Waals surface area contributed by atoms with E-state index in [1.165, 1.54) is 24.8 Å². The molecular formula is C16H25NO2. The van der Waals surface area contributed by atoms with Crippen LogP contribution in [0.5, 0.6) is 11.5 Å². The minimum absolute atomic E-state index is 0.327. The van der Waals surface area contributed by atoms with E-state index in [9.17, 15) is 0 Å². The lowest BCUT2D eigenvalue weighted by Gasteiger charge is -2.21. The summed E-state index contributed by atoms with van der Waals surface area (Å²) in [6.45, 7) is 4.47. The van der Waals surface area contributed by atoms with Crippen LogP contribution in [0.1, 0.15) is 44.7 Å². The van der Waals surface area contributed by atoms with Gasteiger partial charge in [0.15, 0.2) is 11.5 Å². The fourth-order valence-electron chi connectivity index (χ4n) is 2.57. The minimum Gasteiger partial charge on any atom is -0.493 e. The van der Waals surface area contributed by atoms with E-state index in [1.54, 1.807) is 14.2 Å². The highest BCUT2D eigenvalue weighted by atomic mass is 16.5. The third-order valence-electron chi connectivity index (χ3n) is 3.83. The van der Waals surface area contributed by atoms with Crippen LogP contribution in [-0.2, 0) is 0 Å². The van der Waals surface area contributed by atoms with Crippen molar-refractivity contribution in [2.24, 2.45) is 5.92 Å². The second-order valence-corrected chi connectivity index (χ2v) is 5.58. The second-order valence-electron chi connectivity index (χ2n) is 5.58. The molecule has 2 rings (SSSR count). The molecule has 1 aliphatic carbocycles. The van der Waals surface area contributed by atoms with Gasteiger partial charge in [-0.05, 0) is 43.9 Å². The molecule has 2 atom stereocenters. The fraction of sp³-hybridized carbons (Fsp3) is 0.625. The number of hydrogen-bond acceptors (Lipinski definition) is 3. The van der Waals surface area contributed by atoms with Crippen LogP contribution in [0.2, 0.25) is 0 Å². The molecule has 1 fully saturated rings. The van der Waals surface area contributed by atoms with Gasteiger partial charge in [0.05, 0.1) is 14.2 Å². The van der Waals surface area contributed by atoms with Gasteiger partial charge < -0.3 is 14.8 Å². The molecule has 0 aromatic heterocycles. The van der Waals surface area contributed by atoms with Crippen molar-refractivity contribution in [3.05, 3.63) is 23.8 Å². The van der Waals surface area contributed by atoms with Crippen molar-refractivity contribution in [3.8, 4) is 11.5 Å². The molecule has 3 heteroatoms. The zero-order valence-corrected chi connectivity index (χ0v) is 12.4. The Morgan fingerprint density at radius 2 is 1.84 bits per heavy atom. The fourth-order valence-corrected chi connectivity index (χ4v) is 2.57. The molecule has 0 saturated heterocycles. The summed E-state index contributed by atoms with van der Waals surface area (Å²) in [6.07, 6.45) is 4.12. The van der Waals surface area contributed by atoms with Gasteiger partial charge in [-0.2, -0.15) is 0 Å². The lowest BCUT2D eigenvalue weighted by atomic mass is 10.1. The Morgan fingerprint density at radius 1 is 1.16 bits per heavy atom. The number of nitrogens with one attached hydrogen (secondary N) is 1. The lowest BCUT2D eigenvalue weighted by Crippen LogP contribution is -2.29. The summed E-state index contributed by atoms with van der Waals surface area (Å²) in [4.78, 5) is 0. The summed E-state index contributed by atoms with van der Waals surface area (Å²) in [5.74, 6) is 2.54. The third-order valence-corrected chi connectivity index (χ3v) is 3.83. The molecule has 0 heterocycles. The van der Waals surface area contributed by atoms with Crippen molar-refractivity contribution in [1.29, 1.82) is 0 Å². The first kappa shape index (κ1) is 14.2. The summed E-state index contributed by atoms with van der Waals surface area (Å²) in [5, 5.41) is 3.66. The van der Waals surface area contributed by atoms with Gasteiger partial charge in [0.25, 0.3) is 0 Å². The first-order valence-electron chi connectivity index (χ1n) is 7.12. The Bertz CT molecular complexity index is 415. The van der Waals surface area contributed by atoms with E-state index in [2.05, 4.69) is 31.3 Å². The standard InChI is InChI=1S/C16H25NO2/c1-11(9-13-5-6-13)17-12(2)14-7-8-15(18-3)16(10-14)19-4/h7-8,10-13,17H,5-6,9H2,1-4H3. The SMILES string of the molecule is COc1ccc(C(C)NC(C)CC2CC2)cc1OC. The van der Waals surface area contributed by atoms with Crippen LogP contribution in [0.3, 0.4) is 0 Å². The van der Waals surface area contributed by atoms with Crippen LogP contribution < -0.4 is 14.8 Å². The van der Waals surface area contributed by atoms with Gasteiger partial charge in [-0.15, -0.1) is 0 Å². The topological polar surface area (TPSA) is 30.5 Å². The van der Waals surface area contributed by atoms with E-state index in [1.807, 2.05) is 6.07 Å². The molecule has 0 spiro atoms. The number of ether oxygens (including phenoxy) is 2. The number of rotatable bonds is 7. The molecule has 106 valence electrons. The molecule has 1 aliphatic rings. The molecule has 0 amide bonds. The van der Waals surface area contributed by atoms with Crippen molar-refractivity contribution >= 4 is 0 Å². The van der Waals surface area contributed by atoms with Gasteiger partial charge in [0, 0.05) is 12.1 Å². The van der Waals surface area contributed by atoms with Crippen molar-refractivity contribution in [2.75, 3.05) is 14.2 Å². The van der Waals surface area contributed by atoms with Gasteiger partial charge in [-0.3, -0.25) is 0 Å². The molecule has 1 aromatic carbocycles. The van der Waals surface area contributed by atoms with Crippen LogP contribution in [0, 0.1) is 5.92 Å². The second kappa shape index (κ2) is 6.29. The van der Waals surface area contributed by atoms with Crippen LogP contribution in [-0.4, -0.2) is 20.3 Å². The van der Waals surface area contributed by atoms with Gasteiger partial charge in [0.1, 0.15) is 0 Å². The van der Waals surface area contributed by atoms with Crippen LogP contribution >= 0.6 is 0 Å². The van der Waals surface area contributed by atoms with E-state index in [0.29, 0.717) is 12.1 Å². The van der Waals surface area contributed by atoms with Gasteiger partial charge in [0.2, 0.25) is 0 Å². The first-order valence-corrected chi connectivity index (χ1v) is 7.12. The van der Waals surface area contributed by atoms with Crippen LogP contribution in [0.15, 0.2) is 18.2 Å². The molecule has 19 heavy (non-hydrogen) atoms. The Labute approximate surface area is 116 Å². The van der Waals surface area contributed by atoms with E-state index >= 15 is 0 Å². The molecule has 0 aliphatic heterocycles. The highest BCUT2D eigenvalue weighted by molar-refractivity contribution is 5.43. The smallest absolute Gasteiger partial charge is 0.161 e. The number of methoxy groups -OCH3 is 2. The Balaban J connectivity index is 1.98. The highest BCUT2D eigenvalue weighted by Gasteiger charge is 2.24. The molecule has 0 bridgehead atoms. The Morgan fingerprint density at radius 3 is 2.42 bits per heavy atom. The summed E-state index contributed by atoms with van der Waals surface area (Å²) in [7, 11) is 3.34. The third kappa shape index (κ3) is 3.87. The lowest BCUT2D eigenvalue weighted by molar-refractivity contribution is 0.353.